The van der Waals surface area contributed by atoms with Crippen molar-refractivity contribution in [2.75, 3.05) is 0 Å². The van der Waals surface area contributed by atoms with E-state index in [1.165, 1.54) is 0 Å². The van der Waals surface area contributed by atoms with E-state index in [1.807, 2.05) is 6.92 Å². The van der Waals surface area contributed by atoms with Crippen molar-refractivity contribution < 1.29 is 20.6 Å². The van der Waals surface area contributed by atoms with Gasteiger partial charge in [-0.05, 0) is 6.92 Å². The fourth-order valence-corrected chi connectivity index (χ4v) is 0.192. The topological polar surface area (TPSA) is 203 Å². The average molecular weight is 240 g/mol. The Labute approximate surface area is 89.4 Å². The average Bonchev–Trinajstić information content (AvgIpc) is 2.12. The summed E-state index contributed by atoms with van der Waals surface area (Å²) < 4.78 is 0. The van der Waals surface area contributed by atoms with Gasteiger partial charge in [0.2, 0.25) is 0 Å². The minimum Gasteiger partial charge on any atom is -0.328 e. The SMILES string of the molecule is CC(C#CNN)NN.O=[N+]([O-])O.O=[N+]([O-])O. The molecule has 0 aliphatic carbocycles. The van der Waals surface area contributed by atoms with E-state index < -0.39 is 10.2 Å². The molecule has 0 aromatic carbocycles. The number of hydrogen-bond donors (Lipinski definition) is 6. The monoisotopic (exact) mass is 240 g/mol. The molecule has 0 fully saturated rings. The van der Waals surface area contributed by atoms with Gasteiger partial charge in [-0.25, -0.2) is 11.3 Å². The molecule has 0 saturated carbocycles. The van der Waals surface area contributed by atoms with E-state index in [2.05, 4.69) is 22.8 Å². The van der Waals surface area contributed by atoms with Gasteiger partial charge in [0.15, 0.2) is 0 Å². The highest BCUT2D eigenvalue weighted by molar-refractivity contribution is 5.02. The molecule has 1 unspecified atom stereocenters. The van der Waals surface area contributed by atoms with Gasteiger partial charge in [-0.15, -0.1) is 20.2 Å². The fourth-order valence-electron chi connectivity index (χ4n) is 0.192. The number of rotatable bonds is 1. The zero-order chi connectivity index (χ0) is 13.6. The lowest BCUT2D eigenvalue weighted by Crippen LogP contribution is -2.31. The van der Waals surface area contributed by atoms with Gasteiger partial charge in [-0.1, -0.05) is 5.92 Å². The van der Waals surface area contributed by atoms with E-state index in [0.717, 1.165) is 0 Å². The lowest BCUT2D eigenvalue weighted by Gasteiger charge is -1.96. The Morgan fingerprint density at radius 3 is 1.75 bits per heavy atom. The lowest BCUT2D eigenvalue weighted by atomic mass is 10.4. The highest BCUT2D eigenvalue weighted by Crippen LogP contribution is 1.67. The second-order valence-electron chi connectivity index (χ2n) is 1.78. The Kier molecular flexibility index (Phi) is 18.2. The van der Waals surface area contributed by atoms with Crippen molar-refractivity contribution in [1.82, 2.24) is 10.9 Å². The van der Waals surface area contributed by atoms with Crippen molar-refractivity contribution in [3.05, 3.63) is 20.2 Å². The van der Waals surface area contributed by atoms with E-state index in [1.54, 1.807) is 0 Å². The highest BCUT2D eigenvalue weighted by atomic mass is 16.9. The molecule has 0 rings (SSSR count). The van der Waals surface area contributed by atoms with Crippen molar-refractivity contribution in [2.45, 2.75) is 13.0 Å². The summed E-state index contributed by atoms with van der Waals surface area (Å²) in [6.45, 7) is 1.82. The van der Waals surface area contributed by atoms with Crippen molar-refractivity contribution in [2.24, 2.45) is 11.7 Å². The van der Waals surface area contributed by atoms with Crippen molar-refractivity contribution >= 4 is 0 Å². The van der Waals surface area contributed by atoms with E-state index >= 15 is 0 Å². The third-order valence-corrected chi connectivity index (χ3v) is 0.611. The first-order valence-electron chi connectivity index (χ1n) is 3.36. The molecule has 1 atom stereocenters. The summed E-state index contributed by atoms with van der Waals surface area (Å²) in [5.74, 6) is 12.5. The minimum atomic E-state index is -1.50. The van der Waals surface area contributed by atoms with Gasteiger partial charge in [0.05, 0.1) is 6.04 Å². The number of nitrogens with two attached hydrogens (primary N) is 2. The molecular formula is C4H12N6O6. The molecule has 12 heteroatoms. The molecule has 0 bridgehead atoms. The zero-order valence-corrected chi connectivity index (χ0v) is 8.15. The van der Waals surface area contributed by atoms with Crippen LogP contribution in [0.15, 0.2) is 0 Å². The standard InChI is InChI=1S/C4H10N4.2HNO3/c1-4(8-6)2-3-7-5;2*2-1(3)4/h4,7-8H,5-6H2,1H3;2*(H,2,3,4). The Morgan fingerprint density at radius 2 is 1.56 bits per heavy atom. The van der Waals surface area contributed by atoms with E-state index in [9.17, 15) is 0 Å². The van der Waals surface area contributed by atoms with Crippen LogP contribution in [-0.2, 0) is 0 Å². The number of hydrogen-bond acceptors (Lipinski definition) is 8. The van der Waals surface area contributed by atoms with Crippen molar-refractivity contribution in [1.29, 1.82) is 0 Å². The summed E-state index contributed by atoms with van der Waals surface area (Å²) >= 11 is 0. The molecule has 0 saturated heterocycles. The maximum atomic E-state index is 8.36. The molecule has 8 N–H and O–H groups in total. The first-order valence-corrected chi connectivity index (χ1v) is 3.36. The van der Waals surface area contributed by atoms with Crippen LogP contribution in [0.1, 0.15) is 6.92 Å². The van der Waals surface area contributed by atoms with Gasteiger partial charge >= 0.3 is 0 Å². The van der Waals surface area contributed by atoms with Gasteiger partial charge in [0.1, 0.15) is 0 Å². The molecule has 0 aliphatic rings. The molecule has 0 aliphatic heterocycles. The van der Waals surface area contributed by atoms with E-state index in [0.29, 0.717) is 0 Å². The Balaban J connectivity index is -0.000000179. The Morgan fingerprint density at radius 1 is 1.25 bits per heavy atom. The molecule has 0 amide bonds. The summed E-state index contributed by atoms with van der Waals surface area (Å²) in [4.78, 5) is 16.7. The van der Waals surface area contributed by atoms with Crippen LogP contribution in [0.5, 0.6) is 0 Å². The van der Waals surface area contributed by atoms with Gasteiger partial charge < -0.3 is 10.4 Å². The second kappa shape index (κ2) is 15.1. The molecule has 12 nitrogen and oxygen atoms in total. The van der Waals surface area contributed by atoms with Gasteiger partial charge in [0, 0.05) is 6.04 Å². The Bertz CT molecular complexity index is 227. The third kappa shape index (κ3) is 99.5. The maximum absolute atomic E-state index is 8.36. The third-order valence-electron chi connectivity index (χ3n) is 0.611. The molecule has 0 heterocycles. The number of hydrazine groups is 2. The fraction of sp³-hybridized carbons (Fsp3) is 0.500. The molecule has 94 valence electrons. The zero-order valence-electron chi connectivity index (χ0n) is 8.15. The van der Waals surface area contributed by atoms with Crippen LogP contribution < -0.4 is 22.5 Å². The van der Waals surface area contributed by atoms with Crippen molar-refractivity contribution in [3.8, 4) is 12.0 Å². The predicted molar refractivity (Wildman–Crippen MR) is 49.4 cm³/mol. The number of nitrogens with zero attached hydrogens (tertiary/aromatic N) is 2. The molecule has 16 heavy (non-hydrogen) atoms. The van der Waals surface area contributed by atoms with Crippen LogP contribution in [0.3, 0.4) is 0 Å². The predicted octanol–water partition coefficient (Wildman–Crippen LogP) is -2.43. The van der Waals surface area contributed by atoms with Crippen LogP contribution in [0.25, 0.3) is 0 Å². The van der Waals surface area contributed by atoms with Crippen LogP contribution in [0.2, 0.25) is 0 Å². The first kappa shape index (κ1) is 19.2. The summed E-state index contributed by atoms with van der Waals surface area (Å²) in [6.07, 6.45) is 0. The molecule has 0 spiro atoms. The van der Waals surface area contributed by atoms with Crippen LogP contribution in [-0.4, -0.2) is 26.6 Å². The molecule has 0 radical (unpaired) electrons. The summed E-state index contributed by atoms with van der Waals surface area (Å²) in [7, 11) is 0. The largest absolute Gasteiger partial charge is 0.328 e. The molecule has 0 aromatic rings. The normalized spacial score (nSPS) is 8.69. The summed E-state index contributed by atoms with van der Waals surface area (Å²) in [6, 6.07) is 2.41. The molecule has 0 aromatic heterocycles. The smallest absolute Gasteiger partial charge is 0.291 e. The first-order chi connectivity index (χ1) is 7.27. The summed E-state index contributed by atoms with van der Waals surface area (Å²) in [5, 5.41) is 27.3. The lowest BCUT2D eigenvalue weighted by molar-refractivity contribution is -0.742. The van der Waals surface area contributed by atoms with Gasteiger partial charge in [0.25, 0.3) is 10.2 Å². The maximum Gasteiger partial charge on any atom is 0.291 e. The minimum absolute atomic E-state index is 0.0222. The van der Waals surface area contributed by atoms with E-state index in [4.69, 9.17) is 42.3 Å². The highest BCUT2D eigenvalue weighted by Gasteiger charge is 1.85. The molecular weight excluding hydrogens is 228 g/mol. The Hall–Kier alpha value is -2.36. The quantitative estimate of drug-likeness (QED) is 0.0938. The van der Waals surface area contributed by atoms with E-state index in [-0.39, 0.29) is 6.04 Å². The van der Waals surface area contributed by atoms with Crippen LogP contribution in [0.4, 0.5) is 0 Å². The second-order valence-corrected chi connectivity index (χ2v) is 1.78. The number of nitrogens with one attached hydrogen (secondary N) is 2. The van der Waals surface area contributed by atoms with Gasteiger partial charge in [-0.2, -0.15) is 0 Å². The van der Waals surface area contributed by atoms with Crippen LogP contribution in [0, 0.1) is 32.2 Å². The van der Waals surface area contributed by atoms with Crippen molar-refractivity contribution in [3.63, 3.8) is 0 Å². The summed E-state index contributed by atoms with van der Waals surface area (Å²) in [5.41, 5.74) is 4.61. The van der Waals surface area contributed by atoms with Gasteiger partial charge in [-0.3, -0.25) is 11.3 Å². The van der Waals surface area contributed by atoms with Crippen LogP contribution >= 0.6 is 0 Å².